The van der Waals surface area contributed by atoms with Crippen LogP contribution in [-0.4, -0.2) is 68.7 Å². The number of aromatic nitrogens is 4. The van der Waals surface area contributed by atoms with Gasteiger partial charge in [0.2, 0.25) is 0 Å². The van der Waals surface area contributed by atoms with Crippen LogP contribution in [0, 0.1) is 30.1 Å². The number of hydrogen-bond donors (Lipinski definition) is 2. The number of anilines is 2. The minimum Gasteiger partial charge on any atom is -0.476 e. The summed E-state index contributed by atoms with van der Waals surface area (Å²) in [7, 11) is 0. The molecule has 5 heterocycles. The molecule has 4 aliphatic rings. The summed E-state index contributed by atoms with van der Waals surface area (Å²) < 4.78 is 15.7. The van der Waals surface area contributed by atoms with Gasteiger partial charge in [-0.1, -0.05) is 49.4 Å². The smallest absolute Gasteiger partial charge is 0.355 e. The number of ether oxygens (including phenoxy) is 2. The van der Waals surface area contributed by atoms with E-state index in [9.17, 15) is 14.7 Å². The van der Waals surface area contributed by atoms with Gasteiger partial charge in [-0.15, -0.1) is 0 Å². The first-order valence-corrected chi connectivity index (χ1v) is 21.4. The monoisotopic (exact) mass is 788 g/mol. The minimum absolute atomic E-state index is 0.000851. The van der Waals surface area contributed by atoms with Gasteiger partial charge in [0.25, 0.3) is 5.91 Å². The normalized spacial score (nSPS) is 25.0. The zero-order valence-electron chi connectivity index (χ0n) is 33.1. The van der Waals surface area contributed by atoms with Crippen LogP contribution in [0.25, 0.3) is 21.3 Å². The number of aromatic carboxylic acids is 1. The molecule has 3 fully saturated rings. The summed E-state index contributed by atoms with van der Waals surface area (Å²) in [6, 6.07) is 17.4. The molecule has 57 heavy (non-hydrogen) atoms. The molecule has 2 N–H and O–H groups in total. The number of carboxylic acids is 1. The molecular weight excluding hydrogens is 737 g/mol. The van der Waals surface area contributed by atoms with Crippen LogP contribution in [0.5, 0.6) is 0 Å². The van der Waals surface area contributed by atoms with Gasteiger partial charge in [-0.3, -0.25) is 14.8 Å². The van der Waals surface area contributed by atoms with Gasteiger partial charge < -0.3 is 19.5 Å². The number of amides is 1. The first-order valence-electron chi connectivity index (χ1n) is 20.6. The molecule has 0 spiro atoms. The van der Waals surface area contributed by atoms with Crippen LogP contribution >= 0.6 is 11.3 Å². The average molecular weight is 789 g/mol. The van der Waals surface area contributed by atoms with Crippen molar-refractivity contribution in [2.45, 2.75) is 90.8 Å². The number of pyridine rings is 1. The Morgan fingerprint density at radius 3 is 2.54 bits per heavy atom. The summed E-state index contributed by atoms with van der Waals surface area (Å²) in [5.74, 6) is 0.945. The molecule has 298 valence electrons. The van der Waals surface area contributed by atoms with Gasteiger partial charge in [0, 0.05) is 55.2 Å². The maximum Gasteiger partial charge on any atom is 0.355 e. The topological polar surface area (TPSA) is 132 Å². The molecule has 1 saturated heterocycles. The lowest BCUT2D eigenvalue weighted by atomic mass is 9.54. The van der Waals surface area contributed by atoms with Crippen molar-refractivity contribution in [1.82, 2.24) is 19.7 Å². The van der Waals surface area contributed by atoms with E-state index >= 15 is 0 Å². The first kappa shape index (κ1) is 37.9. The molecule has 2 aliphatic heterocycles. The van der Waals surface area contributed by atoms with Crippen molar-refractivity contribution in [3.05, 3.63) is 88.9 Å². The summed E-state index contributed by atoms with van der Waals surface area (Å²) in [5, 5.41) is 19.0. The van der Waals surface area contributed by atoms with Crippen LogP contribution in [-0.2, 0) is 29.0 Å². The molecule has 0 radical (unpaired) electrons. The Hall–Kier alpha value is -4.65. The van der Waals surface area contributed by atoms with Crippen molar-refractivity contribution in [2.24, 2.45) is 23.2 Å². The lowest BCUT2D eigenvalue weighted by molar-refractivity contribution is -0.172. The molecule has 5 aromatic rings. The number of fused-ring (bicyclic) bond motifs is 4. The van der Waals surface area contributed by atoms with E-state index < -0.39 is 5.97 Å². The molecule has 1 amide bonds. The Kier molecular flexibility index (Phi) is 10.1. The summed E-state index contributed by atoms with van der Waals surface area (Å²) in [6.45, 7) is 11.2. The van der Waals surface area contributed by atoms with Crippen molar-refractivity contribution in [3.63, 3.8) is 0 Å². The largest absolute Gasteiger partial charge is 0.476 e. The number of rotatable bonds is 10. The van der Waals surface area contributed by atoms with Gasteiger partial charge in [0.15, 0.2) is 10.8 Å². The number of para-hydroxylation sites is 1. The van der Waals surface area contributed by atoms with Crippen LogP contribution in [0.2, 0.25) is 0 Å². The number of thiazole rings is 1. The van der Waals surface area contributed by atoms with E-state index in [1.54, 1.807) is 0 Å². The predicted molar refractivity (Wildman–Crippen MR) is 222 cm³/mol. The van der Waals surface area contributed by atoms with Crippen molar-refractivity contribution >= 4 is 44.4 Å². The van der Waals surface area contributed by atoms with Crippen LogP contribution in [0.4, 0.5) is 10.9 Å². The van der Waals surface area contributed by atoms with Gasteiger partial charge >= 0.3 is 5.97 Å². The van der Waals surface area contributed by atoms with Gasteiger partial charge in [-0.05, 0) is 123 Å². The molecule has 2 aliphatic carbocycles. The fourth-order valence-electron chi connectivity index (χ4n) is 10.9. The highest BCUT2D eigenvalue weighted by atomic mass is 32.1. The van der Waals surface area contributed by atoms with E-state index in [-0.39, 0.29) is 22.6 Å². The molecular formula is C45H52N6O5S. The zero-order chi connectivity index (χ0) is 39.3. The van der Waals surface area contributed by atoms with Gasteiger partial charge in [0.1, 0.15) is 5.82 Å². The first-order chi connectivity index (χ1) is 27.6. The Bertz CT molecular complexity index is 2270. The van der Waals surface area contributed by atoms with E-state index in [1.807, 2.05) is 54.7 Å². The highest BCUT2D eigenvalue weighted by molar-refractivity contribution is 7.22. The number of benzene rings is 2. The van der Waals surface area contributed by atoms with E-state index in [4.69, 9.17) is 19.6 Å². The standard InChI is InChI=1S/C45H52N6O5S/c1-28-19-44(20-29(2)22-45(21-28,26-44)56-25-31-14-17-55-18-15-31)27-51-30(3)35(23-46-51)33-11-12-39(48-40(33)42(53)54)50-16-13-32-7-6-8-34(36(32)24-50)41(52)49-43-47-37-9-4-5-10-38(37)57-43/h4-12,23,28-29,31H,13-22,24-27H2,1-3H3,(H,53,54)(H,47,49,52). The Morgan fingerprint density at radius 1 is 0.982 bits per heavy atom. The third kappa shape index (κ3) is 7.59. The van der Waals surface area contributed by atoms with E-state index in [0.29, 0.717) is 59.3 Å². The van der Waals surface area contributed by atoms with Crippen LogP contribution in [0.3, 0.4) is 0 Å². The van der Waals surface area contributed by atoms with Crippen molar-refractivity contribution in [2.75, 3.05) is 36.6 Å². The van der Waals surface area contributed by atoms with Crippen LogP contribution in [0.1, 0.15) is 96.5 Å². The van der Waals surface area contributed by atoms with Gasteiger partial charge in [0.05, 0.1) is 28.6 Å². The van der Waals surface area contributed by atoms with E-state index in [0.717, 1.165) is 104 Å². The summed E-state index contributed by atoms with van der Waals surface area (Å²) >= 11 is 1.45. The summed E-state index contributed by atoms with van der Waals surface area (Å²) in [6.07, 6.45) is 10.2. The van der Waals surface area contributed by atoms with Crippen molar-refractivity contribution in [1.29, 1.82) is 0 Å². The van der Waals surface area contributed by atoms with Crippen LogP contribution < -0.4 is 10.2 Å². The number of carbonyl (C=O) groups is 2. The second-order valence-electron chi connectivity index (χ2n) is 17.5. The zero-order valence-corrected chi connectivity index (χ0v) is 33.9. The third-order valence-corrected chi connectivity index (χ3v) is 13.9. The van der Waals surface area contributed by atoms with Crippen LogP contribution in [0.15, 0.2) is 60.8 Å². The molecule has 9 rings (SSSR count). The molecule has 12 heteroatoms. The van der Waals surface area contributed by atoms with Crippen molar-refractivity contribution in [3.8, 4) is 11.1 Å². The fourth-order valence-corrected chi connectivity index (χ4v) is 11.7. The SMILES string of the molecule is Cc1c(-c2ccc(N3CCc4cccc(C(=O)Nc5nc6ccccc6s5)c4C3)nc2C(=O)O)cnn1CC12CC(C)CC(OCC3CCOCC3)(CC(C)C1)C2. The Morgan fingerprint density at radius 2 is 1.77 bits per heavy atom. The third-order valence-electron chi connectivity index (χ3n) is 13.0. The second kappa shape index (κ2) is 15.3. The molecule has 2 aromatic carbocycles. The Balaban J connectivity index is 0.940. The highest BCUT2D eigenvalue weighted by Gasteiger charge is 2.53. The lowest BCUT2D eigenvalue weighted by Crippen LogP contribution is -2.53. The number of nitrogens with one attached hydrogen (secondary N) is 1. The molecule has 2 bridgehead atoms. The maximum atomic E-state index is 13.6. The molecule has 2 atom stereocenters. The highest BCUT2D eigenvalue weighted by Crippen LogP contribution is 2.57. The summed E-state index contributed by atoms with van der Waals surface area (Å²) in [5.41, 5.74) is 5.69. The fraction of sp³-hybridized carbons (Fsp3) is 0.489. The molecule has 3 aromatic heterocycles. The minimum atomic E-state index is -1.08. The van der Waals surface area contributed by atoms with Crippen molar-refractivity contribution < 1.29 is 24.2 Å². The Labute approximate surface area is 337 Å². The number of carbonyl (C=O) groups excluding carboxylic acids is 1. The number of carboxylic acid groups (broad SMARTS) is 1. The predicted octanol–water partition coefficient (Wildman–Crippen LogP) is 8.79. The second-order valence-corrected chi connectivity index (χ2v) is 18.5. The number of nitrogens with zero attached hydrogens (tertiary/aromatic N) is 5. The van der Waals surface area contributed by atoms with E-state index in [1.165, 1.54) is 11.3 Å². The summed E-state index contributed by atoms with van der Waals surface area (Å²) in [4.78, 5) is 37.9. The molecule has 2 saturated carbocycles. The number of hydrogen-bond acceptors (Lipinski definition) is 9. The molecule has 11 nitrogen and oxygen atoms in total. The van der Waals surface area contributed by atoms with E-state index in [2.05, 4.69) is 46.7 Å². The quantitative estimate of drug-likeness (QED) is 0.143. The van der Waals surface area contributed by atoms with Gasteiger partial charge in [-0.25, -0.2) is 14.8 Å². The average Bonchev–Trinajstić information content (AvgIpc) is 3.77. The van der Waals surface area contributed by atoms with Gasteiger partial charge in [-0.2, -0.15) is 5.10 Å². The maximum absolute atomic E-state index is 13.6. The lowest BCUT2D eigenvalue weighted by Gasteiger charge is -2.56. The molecule has 2 unspecified atom stereocenters.